The minimum Gasteiger partial charge on any atom is -0.456 e. The van der Waals surface area contributed by atoms with Crippen molar-refractivity contribution in [1.29, 1.82) is 0 Å². The maximum absolute atomic E-state index is 6.77. The summed E-state index contributed by atoms with van der Waals surface area (Å²) in [6, 6.07) is 80.0. The molecule has 0 unspecified atom stereocenters. The zero-order chi connectivity index (χ0) is 41.2. The van der Waals surface area contributed by atoms with Gasteiger partial charge in [0.1, 0.15) is 11.2 Å². The van der Waals surface area contributed by atoms with Gasteiger partial charge in [0.15, 0.2) is 17.5 Å². The van der Waals surface area contributed by atoms with E-state index < -0.39 is 0 Å². The maximum atomic E-state index is 6.77. The second-order valence-corrected chi connectivity index (χ2v) is 15.2. The number of aromatic nitrogens is 3. The van der Waals surface area contributed by atoms with Crippen molar-refractivity contribution in [1.82, 2.24) is 15.0 Å². The lowest BCUT2D eigenvalue weighted by molar-refractivity contribution is 0.669. The number of rotatable bonds is 9. The van der Waals surface area contributed by atoms with Crippen LogP contribution in [0.25, 0.3) is 89.5 Å². The molecule has 11 aromatic rings. The lowest BCUT2D eigenvalue weighted by Crippen LogP contribution is -2.11. The molecule has 62 heavy (non-hydrogen) atoms. The van der Waals surface area contributed by atoms with Crippen LogP contribution in [-0.2, 0) is 0 Å². The first-order valence-electron chi connectivity index (χ1n) is 20.8. The number of nitrogens with zero attached hydrogens (tertiary/aromatic N) is 4. The molecule has 0 atom stereocenters. The normalized spacial score (nSPS) is 11.2. The minimum atomic E-state index is 0.585. The fraction of sp³-hybridized carbons (Fsp3) is 0. The smallest absolute Gasteiger partial charge is 0.164 e. The molecule has 292 valence electrons. The Kier molecular flexibility index (Phi) is 9.45. The summed E-state index contributed by atoms with van der Waals surface area (Å²) in [7, 11) is 0. The van der Waals surface area contributed by atoms with Crippen molar-refractivity contribution in [2.75, 3.05) is 4.90 Å². The number of hydrogen-bond acceptors (Lipinski definition) is 5. The van der Waals surface area contributed by atoms with Gasteiger partial charge in [-0.05, 0) is 70.3 Å². The van der Waals surface area contributed by atoms with Crippen molar-refractivity contribution in [3.05, 3.63) is 231 Å². The van der Waals surface area contributed by atoms with Crippen LogP contribution in [0, 0.1) is 0 Å². The van der Waals surface area contributed by atoms with E-state index in [0.717, 1.165) is 72.4 Å². The molecule has 0 aliphatic rings. The summed E-state index contributed by atoms with van der Waals surface area (Å²) in [4.78, 5) is 17.4. The molecule has 0 amide bonds. The molecule has 11 rings (SSSR count). The van der Waals surface area contributed by atoms with E-state index in [1.807, 2.05) is 72.8 Å². The summed E-state index contributed by atoms with van der Waals surface area (Å²) < 4.78 is 6.77. The van der Waals surface area contributed by atoms with E-state index in [9.17, 15) is 0 Å². The van der Waals surface area contributed by atoms with Gasteiger partial charge in [-0.2, -0.15) is 0 Å². The Hall–Kier alpha value is -8.41. The molecule has 9 aromatic carbocycles. The third kappa shape index (κ3) is 6.97. The molecular weight excluding hydrogens is 757 g/mol. The van der Waals surface area contributed by atoms with Gasteiger partial charge < -0.3 is 9.32 Å². The second-order valence-electron chi connectivity index (χ2n) is 15.2. The van der Waals surface area contributed by atoms with E-state index in [0.29, 0.717) is 17.5 Å². The molecule has 2 aromatic heterocycles. The van der Waals surface area contributed by atoms with Crippen LogP contribution in [0.4, 0.5) is 17.1 Å². The fourth-order valence-electron chi connectivity index (χ4n) is 8.34. The molecule has 5 heteroatoms. The molecule has 0 aliphatic heterocycles. The maximum Gasteiger partial charge on any atom is 0.164 e. The minimum absolute atomic E-state index is 0.585. The van der Waals surface area contributed by atoms with Gasteiger partial charge in [-0.15, -0.1) is 0 Å². The first-order chi connectivity index (χ1) is 30.7. The van der Waals surface area contributed by atoms with Gasteiger partial charge in [-0.25, -0.2) is 15.0 Å². The van der Waals surface area contributed by atoms with Crippen molar-refractivity contribution in [2.24, 2.45) is 0 Å². The quantitative estimate of drug-likeness (QED) is 0.146. The number of benzene rings is 9. The van der Waals surface area contributed by atoms with Gasteiger partial charge in [0.2, 0.25) is 0 Å². The third-order valence-corrected chi connectivity index (χ3v) is 11.3. The Morgan fingerprint density at radius 1 is 0.306 bits per heavy atom. The fourth-order valence-corrected chi connectivity index (χ4v) is 8.34. The van der Waals surface area contributed by atoms with Crippen molar-refractivity contribution in [3.63, 3.8) is 0 Å². The molecule has 0 spiro atoms. The van der Waals surface area contributed by atoms with Crippen LogP contribution < -0.4 is 4.90 Å². The average Bonchev–Trinajstić information content (AvgIpc) is 3.74. The monoisotopic (exact) mass is 794 g/mol. The van der Waals surface area contributed by atoms with Gasteiger partial charge in [-0.3, -0.25) is 0 Å². The lowest BCUT2D eigenvalue weighted by Gasteiger charge is -2.28. The highest BCUT2D eigenvalue weighted by atomic mass is 16.3. The average molecular weight is 795 g/mol. The zero-order valence-corrected chi connectivity index (χ0v) is 33.6. The largest absolute Gasteiger partial charge is 0.456 e. The standard InChI is InChI=1S/C57H38N4O/c1-5-17-39(18-6-1)41-31-33-46(34-32-41)61(51-29-14-13-27-48(51)45-26-15-25-44(37-45)40-19-7-2-8-20-40)47-35-36-49-53(38-47)62-52-30-16-28-50(54(49)52)57-59-55(42-21-9-3-10-22-42)58-56(60-57)43-23-11-4-12-24-43/h1-38H. The van der Waals surface area contributed by atoms with E-state index in [2.05, 4.69) is 163 Å². The molecular formula is C57H38N4O. The molecule has 0 aliphatic carbocycles. The van der Waals surface area contributed by atoms with E-state index in [-0.39, 0.29) is 0 Å². The SMILES string of the molecule is c1ccc(-c2ccc(N(c3ccc4c(c3)oc3cccc(-c5nc(-c6ccccc6)nc(-c6ccccc6)n5)c34)c3ccccc3-c3cccc(-c4ccccc4)c3)cc2)cc1. The Balaban J connectivity index is 1.07. The number of anilines is 3. The highest BCUT2D eigenvalue weighted by Gasteiger charge is 2.22. The van der Waals surface area contributed by atoms with Gasteiger partial charge >= 0.3 is 0 Å². The van der Waals surface area contributed by atoms with Gasteiger partial charge in [0.25, 0.3) is 0 Å². The number of para-hydroxylation sites is 1. The second kappa shape index (κ2) is 16.0. The Labute approximate surface area is 359 Å². The number of fused-ring (bicyclic) bond motifs is 3. The summed E-state index contributed by atoms with van der Waals surface area (Å²) in [5.41, 5.74) is 14.2. The topological polar surface area (TPSA) is 55.1 Å². The Morgan fingerprint density at radius 2 is 0.790 bits per heavy atom. The predicted molar refractivity (Wildman–Crippen MR) is 254 cm³/mol. The Bertz CT molecular complexity index is 3270. The van der Waals surface area contributed by atoms with Crippen molar-refractivity contribution in [2.45, 2.75) is 0 Å². The van der Waals surface area contributed by atoms with Crippen molar-refractivity contribution >= 4 is 39.0 Å². The lowest BCUT2D eigenvalue weighted by atomic mass is 9.97. The molecule has 0 N–H and O–H groups in total. The summed E-state index contributed by atoms with van der Waals surface area (Å²) in [6.07, 6.45) is 0. The highest BCUT2D eigenvalue weighted by Crippen LogP contribution is 2.44. The van der Waals surface area contributed by atoms with Gasteiger partial charge in [-0.1, -0.05) is 182 Å². The van der Waals surface area contributed by atoms with Crippen LogP contribution in [0.2, 0.25) is 0 Å². The Morgan fingerprint density at radius 3 is 1.45 bits per heavy atom. The highest BCUT2D eigenvalue weighted by molar-refractivity contribution is 6.12. The van der Waals surface area contributed by atoms with Crippen LogP contribution in [0.3, 0.4) is 0 Å². The first kappa shape index (κ1) is 36.7. The molecule has 0 saturated carbocycles. The van der Waals surface area contributed by atoms with Crippen LogP contribution in [0.15, 0.2) is 235 Å². The van der Waals surface area contributed by atoms with Crippen LogP contribution in [0.1, 0.15) is 0 Å². The molecule has 5 nitrogen and oxygen atoms in total. The van der Waals surface area contributed by atoms with E-state index >= 15 is 0 Å². The number of hydrogen-bond donors (Lipinski definition) is 0. The summed E-state index contributed by atoms with van der Waals surface area (Å²) >= 11 is 0. The molecule has 0 fully saturated rings. The van der Waals surface area contributed by atoms with Crippen LogP contribution in [0.5, 0.6) is 0 Å². The van der Waals surface area contributed by atoms with Crippen LogP contribution in [-0.4, -0.2) is 15.0 Å². The van der Waals surface area contributed by atoms with Crippen molar-refractivity contribution in [3.8, 4) is 67.5 Å². The summed E-state index contributed by atoms with van der Waals surface area (Å²) in [5.74, 6) is 1.81. The van der Waals surface area contributed by atoms with Gasteiger partial charge in [0.05, 0.1) is 5.69 Å². The third-order valence-electron chi connectivity index (χ3n) is 11.3. The number of furan rings is 1. The molecule has 0 bridgehead atoms. The van der Waals surface area contributed by atoms with Crippen molar-refractivity contribution < 1.29 is 4.42 Å². The van der Waals surface area contributed by atoms with E-state index in [1.54, 1.807) is 0 Å². The van der Waals surface area contributed by atoms with E-state index in [4.69, 9.17) is 19.4 Å². The van der Waals surface area contributed by atoms with Crippen LogP contribution >= 0.6 is 0 Å². The summed E-state index contributed by atoms with van der Waals surface area (Å²) in [5, 5.41) is 1.93. The van der Waals surface area contributed by atoms with E-state index in [1.165, 1.54) is 16.7 Å². The molecule has 0 radical (unpaired) electrons. The summed E-state index contributed by atoms with van der Waals surface area (Å²) in [6.45, 7) is 0. The first-order valence-corrected chi connectivity index (χ1v) is 20.8. The van der Waals surface area contributed by atoms with Gasteiger partial charge in [0, 0.05) is 50.5 Å². The molecule has 0 saturated heterocycles. The zero-order valence-electron chi connectivity index (χ0n) is 33.6. The molecule has 2 heterocycles. The predicted octanol–water partition coefficient (Wildman–Crippen LogP) is 15.2.